The van der Waals surface area contributed by atoms with E-state index in [0.717, 1.165) is 16.4 Å². The molecule has 0 bridgehead atoms. The van der Waals surface area contributed by atoms with Gasteiger partial charge in [0, 0.05) is 25.1 Å². The number of anilines is 2. The monoisotopic (exact) mass is 635 g/mol. The number of carbonyl (C=O) groups excluding carboxylic acids is 1. The molecule has 0 fully saturated rings. The van der Waals surface area contributed by atoms with Crippen molar-refractivity contribution in [1.29, 1.82) is 0 Å². The zero-order chi connectivity index (χ0) is 32.5. The van der Waals surface area contributed by atoms with Crippen molar-refractivity contribution in [2.75, 3.05) is 35.5 Å². The van der Waals surface area contributed by atoms with Gasteiger partial charge in [-0.25, -0.2) is 13.2 Å². The Morgan fingerprint density at radius 2 is 1.88 bits per heavy atom. The number of hydrogen-bond acceptors (Lipinski definition) is 8. The number of ether oxygens (including phenoxy) is 2. The zero-order valence-corrected chi connectivity index (χ0v) is 25.4. The number of aromatic nitrogens is 2. The summed E-state index contributed by atoms with van der Waals surface area (Å²) >= 11 is 0. The standard InChI is InChI=1S/C26H36F3N5O8S/c1-7-32-13-21(22(31-32)41-15-24(3,4)14-35)43(39,40)33-12-18(11-30-16(2)36)42-20-9-8-17(10-19(20)33)34(23(37)38)25(5,6)26(27,28)29/h8-10,13,18,35H,7,11-12,14-15H2,1-6H3,(H,30,36)(H,37,38)/t18-/m0/s1. The number of fused-ring (bicyclic) bond motifs is 1. The summed E-state index contributed by atoms with van der Waals surface area (Å²) in [4.78, 5) is 23.4. The van der Waals surface area contributed by atoms with Crippen LogP contribution in [-0.2, 0) is 21.4 Å². The number of halogens is 3. The minimum Gasteiger partial charge on any atom is -0.484 e. The third kappa shape index (κ3) is 7.09. The molecular formula is C26H36F3N5O8S. The highest BCUT2D eigenvalue weighted by Crippen LogP contribution is 2.44. The van der Waals surface area contributed by atoms with Crippen molar-refractivity contribution in [3.63, 3.8) is 0 Å². The molecule has 2 aromatic rings. The SMILES string of the molecule is CCn1cc(S(=O)(=O)N2C[C@H](CNC(C)=O)Oc3ccc(N(C(=O)O)C(C)(C)C(F)(F)F)cc32)c(OCC(C)(C)CO)n1. The average Bonchev–Trinajstić information content (AvgIpc) is 3.34. The van der Waals surface area contributed by atoms with E-state index in [1.54, 1.807) is 20.8 Å². The summed E-state index contributed by atoms with van der Waals surface area (Å²) in [7, 11) is -4.59. The van der Waals surface area contributed by atoms with E-state index in [4.69, 9.17) is 9.47 Å². The second kappa shape index (κ2) is 12.1. The van der Waals surface area contributed by atoms with Gasteiger partial charge < -0.3 is 25.0 Å². The molecule has 0 saturated heterocycles. The van der Waals surface area contributed by atoms with E-state index in [1.165, 1.54) is 23.9 Å². The van der Waals surface area contributed by atoms with E-state index in [-0.39, 0.29) is 53.4 Å². The van der Waals surface area contributed by atoms with Gasteiger partial charge in [-0.05, 0) is 39.0 Å². The van der Waals surface area contributed by atoms with E-state index < -0.39 is 57.5 Å². The van der Waals surface area contributed by atoms with Crippen LogP contribution in [0.15, 0.2) is 29.3 Å². The number of aliphatic hydroxyl groups excluding tert-OH is 1. The normalized spacial score (nSPS) is 15.9. The molecule has 1 aromatic carbocycles. The number of rotatable bonds is 11. The molecule has 0 spiro atoms. The topological polar surface area (TPSA) is 164 Å². The highest BCUT2D eigenvalue weighted by Gasteiger charge is 2.54. The highest BCUT2D eigenvalue weighted by atomic mass is 32.2. The Morgan fingerprint density at radius 1 is 1.23 bits per heavy atom. The number of aryl methyl sites for hydroxylation is 1. The van der Waals surface area contributed by atoms with E-state index >= 15 is 0 Å². The Bertz CT molecular complexity index is 1460. The Hall–Kier alpha value is -3.73. The summed E-state index contributed by atoms with van der Waals surface area (Å²) in [5.74, 6) is -0.746. The van der Waals surface area contributed by atoms with Gasteiger partial charge in [0.15, 0.2) is 4.90 Å². The van der Waals surface area contributed by atoms with Crippen LogP contribution in [0.4, 0.5) is 29.3 Å². The van der Waals surface area contributed by atoms with Gasteiger partial charge in [0.05, 0.1) is 37.7 Å². The molecule has 0 saturated carbocycles. The fraction of sp³-hybridized carbons (Fsp3) is 0.577. The maximum Gasteiger partial charge on any atom is 0.412 e. The van der Waals surface area contributed by atoms with Crippen LogP contribution in [0, 0.1) is 5.41 Å². The summed E-state index contributed by atoms with van der Waals surface area (Å²) in [5, 5.41) is 26.1. The largest absolute Gasteiger partial charge is 0.484 e. The second-order valence-electron chi connectivity index (χ2n) is 11.3. The fourth-order valence-electron chi connectivity index (χ4n) is 4.08. The van der Waals surface area contributed by atoms with Gasteiger partial charge in [-0.1, -0.05) is 13.8 Å². The number of amides is 2. The number of nitrogens with one attached hydrogen (secondary N) is 1. The van der Waals surface area contributed by atoms with Crippen LogP contribution in [-0.4, -0.2) is 84.5 Å². The van der Waals surface area contributed by atoms with E-state index in [0.29, 0.717) is 13.8 Å². The molecule has 3 rings (SSSR count). The Balaban J connectivity index is 2.19. The van der Waals surface area contributed by atoms with Gasteiger partial charge in [-0.15, -0.1) is 5.10 Å². The van der Waals surface area contributed by atoms with Crippen molar-refractivity contribution in [3.05, 3.63) is 24.4 Å². The first kappa shape index (κ1) is 33.8. The van der Waals surface area contributed by atoms with Gasteiger partial charge in [-0.2, -0.15) is 13.2 Å². The van der Waals surface area contributed by atoms with Gasteiger partial charge >= 0.3 is 12.3 Å². The van der Waals surface area contributed by atoms with Crippen molar-refractivity contribution < 1.29 is 50.9 Å². The quantitative estimate of drug-likeness (QED) is 0.336. The second-order valence-corrected chi connectivity index (χ2v) is 13.1. The molecule has 2 amide bonds. The lowest BCUT2D eigenvalue weighted by Crippen LogP contribution is -2.57. The van der Waals surface area contributed by atoms with Gasteiger partial charge in [0.25, 0.3) is 15.9 Å². The Kier molecular flexibility index (Phi) is 9.51. The number of alkyl halides is 3. The maximum atomic E-state index is 14.2. The summed E-state index contributed by atoms with van der Waals surface area (Å²) in [6.07, 6.45) is -6.58. The van der Waals surface area contributed by atoms with Crippen LogP contribution >= 0.6 is 0 Å². The third-order valence-corrected chi connectivity index (χ3v) is 8.53. The van der Waals surface area contributed by atoms with Crippen LogP contribution < -0.4 is 24.0 Å². The lowest BCUT2D eigenvalue weighted by molar-refractivity contribution is -0.175. The van der Waals surface area contributed by atoms with Gasteiger partial charge in [0.2, 0.25) is 5.91 Å². The van der Waals surface area contributed by atoms with Gasteiger partial charge in [0.1, 0.15) is 17.4 Å². The fourth-order valence-corrected chi connectivity index (χ4v) is 5.66. The molecule has 2 heterocycles. The molecule has 1 aliphatic heterocycles. The molecule has 13 nitrogen and oxygen atoms in total. The molecule has 240 valence electrons. The number of nitrogens with zero attached hydrogens (tertiary/aromatic N) is 4. The molecule has 17 heteroatoms. The van der Waals surface area contributed by atoms with Crippen LogP contribution in [0.5, 0.6) is 11.6 Å². The van der Waals surface area contributed by atoms with Crippen molar-refractivity contribution in [3.8, 4) is 11.6 Å². The summed E-state index contributed by atoms with van der Waals surface area (Å²) < 4.78 is 84.0. The van der Waals surface area contributed by atoms with E-state index in [1.807, 2.05) is 0 Å². The predicted octanol–water partition coefficient (Wildman–Crippen LogP) is 3.22. The lowest BCUT2D eigenvalue weighted by atomic mass is 9.97. The molecule has 1 aliphatic rings. The number of hydrogen-bond donors (Lipinski definition) is 3. The number of carboxylic acid groups (broad SMARTS) is 1. The number of carbonyl (C=O) groups is 2. The van der Waals surface area contributed by atoms with Crippen molar-refractivity contribution in [2.45, 2.75) is 70.8 Å². The minimum atomic E-state index is -4.98. The summed E-state index contributed by atoms with van der Waals surface area (Å²) in [6, 6.07) is 3.24. The first-order chi connectivity index (χ1) is 19.7. The van der Waals surface area contributed by atoms with Crippen LogP contribution in [0.2, 0.25) is 0 Å². The molecule has 3 N–H and O–H groups in total. The first-order valence-corrected chi connectivity index (χ1v) is 14.7. The molecule has 0 unspecified atom stereocenters. The molecule has 1 aromatic heterocycles. The highest BCUT2D eigenvalue weighted by molar-refractivity contribution is 7.93. The number of benzene rings is 1. The van der Waals surface area contributed by atoms with Crippen molar-refractivity contribution >= 4 is 33.4 Å². The van der Waals surface area contributed by atoms with Crippen molar-refractivity contribution in [2.24, 2.45) is 5.41 Å². The number of sulfonamides is 1. The molecule has 43 heavy (non-hydrogen) atoms. The van der Waals surface area contributed by atoms with E-state index in [9.17, 15) is 41.4 Å². The van der Waals surface area contributed by atoms with Crippen LogP contribution in [0.1, 0.15) is 41.5 Å². The molecule has 1 atom stereocenters. The minimum absolute atomic E-state index is 0.0733. The Morgan fingerprint density at radius 3 is 2.42 bits per heavy atom. The lowest BCUT2D eigenvalue weighted by Gasteiger charge is -2.39. The zero-order valence-electron chi connectivity index (χ0n) is 24.6. The third-order valence-electron chi connectivity index (χ3n) is 6.77. The Labute approximate surface area is 247 Å². The predicted molar refractivity (Wildman–Crippen MR) is 149 cm³/mol. The molecular weight excluding hydrogens is 599 g/mol. The smallest absolute Gasteiger partial charge is 0.412 e. The average molecular weight is 636 g/mol. The summed E-state index contributed by atoms with van der Waals surface area (Å²) in [5.41, 5.74) is -4.31. The van der Waals surface area contributed by atoms with Gasteiger partial charge in [-0.3, -0.25) is 18.7 Å². The van der Waals surface area contributed by atoms with E-state index in [2.05, 4.69) is 10.4 Å². The summed E-state index contributed by atoms with van der Waals surface area (Å²) in [6.45, 7) is 7.15. The maximum absolute atomic E-state index is 14.2. The molecule has 0 radical (unpaired) electrons. The first-order valence-electron chi connectivity index (χ1n) is 13.2. The number of aliphatic hydroxyl groups is 1. The van der Waals surface area contributed by atoms with Crippen LogP contribution in [0.25, 0.3) is 0 Å². The van der Waals surface area contributed by atoms with Crippen molar-refractivity contribution in [1.82, 2.24) is 15.1 Å². The van der Waals surface area contributed by atoms with Crippen LogP contribution in [0.3, 0.4) is 0 Å². The molecule has 0 aliphatic carbocycles.